The topological polar surface area (TPSA) is 63.7 Å². The van der Waals surface area contributed by atoms with Gasteiger partial charge in [-0.2, -0.15) is 0 Å². The molecule has 0 radical (unpaired) electrons. The first-order valence-corrected chi connectivity index (χ1v) is 10.3. The maximum Gasteiger partial charge on any atom is 0.273 e. The van der Waals surface area contributed by atoms with Gasteiger partial charge in [-0.1, -0.05) is 6.07 Å². The van der Waals surface area contributed by atoms with Gasteiger partial charge in [0, 0.05) is 44.8 Å². The van der Waals surface area contributed by atoms with E-state index in [2.05, 4.69) is 10.3 Å². The van der Waals surface area contributed by atoms with Crippen molar-refractivity contribution in [2.75, 3.05) is 33.4 Å². The number of amides is 1. The van der Waals surface area contributed by atoms with Gasteiger partial charge < -0.3 is 19.7 Å². The number of benzene rings is 1. The lowest BCUT2D eigenvalue weighted by Crippen LogP contribution is -2.51. The van der Waals surface area contributed by atoms with Crippen molar-refractivity contribution in [1.82, 2.24) is 15.2 Å². The summed E-state index contributed by atoms with van der Waals surface area (Å²) in [7, 11) is 1.62. The average molecular weight is 403 g/mol. The zero-order chi connectivity index (χ0) is 20.8. The van der Waals surface area contributed by atoms with E-state index in [1.54, 1.807) is 25.3 Å². The summed E-state index contributed by atoms with van der Waals surface area (Å²) in [6.07, 6.45) is 2.66. The second kappa shape index (κ2) is 9.98. The van der Waals surface area contributed by atoms with Crippen LogP contribution in [0, 0.1) is 5.82 Å². The second-order valence-electron chi connectivity index (χ2n) is 7.64. The molecule has 29 heavy (non-hydrogen) atoms. The minimum absolute atomic E-state index is 0.0310. The maximum atomic E-state index is 14.5. The second-order valence-corrected chi connectivity index (χ2v) is 7.64. The van der Waals surface area contributed by atoms with E-state index in [1.165, 1.54) is 6.07 Å². The normalized spacial score (nSPS) is 16.9. The number of carbonyl (C=O) groups excluding carboxylic acids is 1. The van der Waals surface area contributed by atoms with E-state index in [0.717, 1.165) is 25.9 Å². The molecule has 1 aromatic heterocycles. The Bertz CT molecular complexity index is 837. The maximum absolute atomic E-state index is 14.5. The summed E-state index contributed by atoms with van der Waals surface area (Å²) < 4.78 is 25.4. The highest BCUT2D eigenvalue weighted by Gasteiger charge is 2.30. The summed E-state index contributed by atoms with van der Waals surface area (Å²) in [5, 5.41) is 3.67. The summed E-state index contributed by atoms with van der Waals surface area (Å²) in [5.74, 6) is -0.215. The van der Waals surface area contributed by atoms with Crippen LogP contribution in [0.3, 0.4) is 0 Å². The van der Waals surface area contributed by atoms with E-state index in [4.69, 9.17) is 9.47 Å². The van der Waals surface area contributed by atoms with Crippen molar-refractivity contribution in [1.29, 1.82) is 0 Å². The fraction of sp³-hybridized carbons (Fsp3) is 0.545. The monoisotopic (exact) mass is 403 g/mol. The van der Waals surface area contributed by atoms with Crippen molar-refractivity contribution < 1.29 is 18.7 Å². The smallest absolute Gasteiger partial charge is 0.273 e. The number of nitrogens with zero attached hydrogens (tertiary/aromatic N) is 2. The molecule has 6 nitrogen and oxygen atoms in total. The van der Waals surface area contributed by atoms with Gasteiger partial charge in [0.05, 0.1) is 17.5 Å². The van der Waals surface area contributed by atoms with E-state index < -0.39 is 5.82 Å². The van der Waals surface area contributed by atoms with Gasteiger partial charge in [-0.05, 0) is 45.4 Å². The van der Waals surface area contributed by atoms with E-state index in [1.807, 2.05) is 18.7 Å². The summed E-state index contributed by atoms with van der Waals surface area (Å²) in [6.45, 7) is 6.68. The molecule has 1 atom stereocenters. The number of nitrogens with one attached hydrogen (secondary N) is 1. The number of pyridine rings is 1. The van der Waals surface area contributed by atoms with Gasteiger partial charge >= 0.3 is 0 Å². The predicted molar refractivity (Wildman–Crippen MR) is 111 cm³/mol. The van der Waals surface area contributed by atoms with Crippen molar-refractivity contribution in [2.45, 2.75) is 45.2 Å². The van der Waals surface area contributed by atoms with Crippen LogP contribution < -0.4 is 10.1 Å². The molecule has 1 amide bonds. The van der Waals surface area contributed by atoms with Gasteiger partial charge in [0.25, 0.3) is 5.91 Å². The number of halogens is 1. The Morgan fingerprint density at radius 3 is 2.90 bits per heavy atom. The zero-order valence-corrected chi connectivity index (χ0v) is 17.4. The first-order chi connectivity index (χ1) is 14.0. The van der Waals surface area contributed by atoms with Crippen LogP contribution in [0.1, 0.15) is 43.6 Å². The lowest BCUT2D eigenvalue weighted by atomic mass is 10.0. The number of fused-ring (bicyclic) bond motifs is 1. The molecule has 1 saturated heterocycles. The van der Waals surface area contributed by atoms with Crippen LogP contribution in [-0.4, -0.2) is 61.3 Å². The Hall–Kier alpha value is -2.25. The Labute approximate surface area is 171 Å². The lowest BCUT2D eigenvalue weighted by molar-refractivity contribution is 0.0567. The SMILES string of the molecule is COCCCOc1cc(C(=O)N(C(C)C)[C@@H]2CCCNC2)nc2cccc(F)c12. The molecule has 7 heteroatoms. The van der Waals surface area contributed by atoms with E-state index in [-0.39, 0.29) is 23.7 Å². The number of piperidine rings is 1. The van der Waals surface area contributed by atoms with Gasteiger partial charge in [0.15, 0.2) is 0 Å². The molecule has 2 heterocycles. The summed E-state index contributed by atoms with van der Waals surface area (Å²) in [5.41, 5.74) is 0.701. The quantitative estimate of drug-likeness (QED) is 0.685. The highest BCUT2D eigenvalue weighted by molar-refractivity contribution is 5.97. The molecule has 1 aliphatic heterocycles. The van der Waals surface area contributed by atoms with Gasteiger partial charge in [-0.15, -0.1) is 0 Å². The molecule has 0 saturated carbocycles. The highest BCUT2D eigenvalue weighted by Crippen LogP contribution is 2.29. The highest BCUT2D eigenvalue weighted by atomic mass is 19.1. The van der Waals surface area contributed by atoms with Crippen molar-refractivity contribution in [3.05, 3.63) is 35.8 Å². The number of hydrogen-bond donors (Lipinski definition) is 1. The van der Waals surface area contributed by atoms with Gasteiger partial charge in [0.1, 0.15) is 17.3 Å². The van der Waals surface area contributed by atoms with Crippen LogP contribution >= 0.6 is 0 Å². The molecule has 0 aliphatic carbocycles. The molecule has 3 rings (SSSR count). The molecule has 2 aromatic rings. The number of hydrogen-bond acceptors (Lipinski definition) is 5. The van der Waals surface area contributed by atoms with E-state index in [0.29, 0.717) is 36.3 Å². The van der Waals surface area contributed by atoms with Crippen LogP contribution in [0.2, 0.25) is 0 Å². The molecule has 0 bridgehead atoms. The molecule has 0 spiro atoms. The number of ether oxygens (including phenoxy) is 2. The van der Waals surface area contributed by atoms with Gasteiger partial charge in [-0.25, -0.2) is 9.37 Å². The Kier molecular flexibility index (Phi) is 7.39. The fourth-order valence-corrected chi connectivity index (χ4v) is 3.84. The lowest BCUT2D eigenvalue weighted by Gasteiger charge is -2.37. The molecular weight excluding hydrogens is 373 g/mol. The van der Waals surface area contributed by atoms with Crippen LogP contribution in [-0.2, 0) is 4.74 Å². The van der Waals surface area contributed by atoms with Crippen molar-refractivity contribution in [2.24, 2.45) is 0 Å². The van der Waals surface area contributed by atoms with Gasteiger partial charge in [-0.3, -0.25) is 4.79 Å². The molecule has 1 aromatic carbocycles. The van der Waals surface area contributed by atoms with Crippen molar-refractivity contribution in [3.63, 3.8) is 0 Å². The third-order valence-corrected chi connectivity index (χ3v) is 5.17. The van der Waals surface area contributed by atoms with E-state index >= 15 is 0 Å². The summed E-state index contributed by atoms with van der Waals surface area (Å²) in [6, 6.07) is 6.40. The molecule has 0 unspecified atom stereocenters. The van der Waals surface area contributed by atoms with Crippen LogP contribution in [0.15, 0.2) is 24.3 Å². The van der Waals surface area contributed by atoms with Crippen LogP contribution in [0.4, 0.5) is 4.39 Å². The van der Waals surface area contributed by atoms with Crippen molar-refractivity contribution in [3.8, 4) is 5.75 Å². The van der Waals surface area contributed by atoms with Crippen molar-refractivity contribution >= 4 is 16.8 Å². The summed E-state index contributed by atoms with van der Waals surface area (Å²) in [4.78, 5) is 19.8. The van der Waals surface area contributed by atoms with Crippen LogP contribution in [0.5, 0.6) is 5.75 Å². The first-order valence-electron chi connectivity index (χ1n) is 10.3. The number of carbonyl (C=O) groups is 1. The van der Waals surface area contributed by atoms with Gasteiger partial charge in [0.2, 0.25) is 0 Å². The molecule has 1 N–H and O–H groups in total. The Balaban J connectivity index is 1.95. The minimum Gasteiger partial charge on any atom is -0.493 e. The standard InChI is InChI=1S/C22H30FN3O3/c1-15(2)26(16-7-5-10-24-14-16)22(27)19-13-20(29-12-6-11-28-3)21-17(23)8-4-9-18(21)25-19/h4,8-9,13,15-16,24H,5-7,10-12,14H2,1-3H3/t16-/m1/s1. The Morgan fingerprint density at radius 2 is 2.21 bits per heavy atom. The van der Waals surface area contributed by atoms with E-state index in [9.17, 15) is 9.18 Å². The van der Waals surface area contributed by atoms with Crippen LogP contribution in [0.25, 0.3) is 10.9 Å². The Morgan fingerprint density at radius 1 is 1.38 bits per heavy atom. The molecule has 1 fully saturated rings. The third-order valence-electron chi connectivity index (χ3n) is 5.17. The minimum atomic E-state index is -0.409. The predicted octanol–water partition coefficient (Wildman–Crippen LogP) is 3.39. The summed E-state index contributed by atoms with van der Waals surface area (Å²) >= 11 is 0. The average Bonchev–Trinajstić information content (AvgIpc) is 2.71. The fourth-order valence-electron chi connectivity index (χ4n) is 3.84. The first kappa shape index (κ1) is 21.5. The zero-order valence-electron chi connectivity index (χ0n) is 17.4. The largest absolute Gasteiger partial charge is 0.493 e. The number of aromatic nitrogens is 1. The molecular formula is C22H30FN3O3. The number of rotatable bonds is 8. The number of methoxy groups -OCH3 is 1. The third kappa shape index (κ3) is 5.03. The molecule has 1 aliphatic rings. The molecule has 158 valence electrons.